The van der Waals surface area contributed by atoms with E-state index in [0.717, 1.165) is 10.0 Å². The first-order chi connectivity index (χ1) is 8.54. The molecule has 0 radical (unpaired) electrons. The van der Waals surface area contributed by atoms with Crippen molar-refractivity contribution < 1.29 is 9.53 Å². The third-order valence-electron chi connectivity index (χ3n) is 2.68. The molecule has 5 heteroatoms. The fourth-order valence-corrected chi connectivity index (χ4v) is 1.97. The third kappa shape index (κ3) is 4.76. The van der Waals surface area contributed by atoms with E-state index < -0.39 is 6.04 Å². The monoisotopic (exact) mass is 314 g/mol. The molecule has 1 amide bonds. The first kappa shape index (κ1) is 15.1. The number of nitrogens with two attached hydrogens (primary N) is 1. The lowest BCUT2D eigenvalue weighted by molar-refractivity contribution is -0.123. The van der Waals surface area contributed by atoms with Crippen LogP contribution in [0.5, 0.6) is 0 Å². The number of carbonyl (C=O) groups is 1. The van der Waals surface area contributed by atoms with Crippen LogP contribution in [0, 0.1) is 0 Å². The number of hydrogen-bond acceptors (Lipinski definition) is 3. The highest BCUT2D eigenvalue weighted by Crippen LogP contribution is 2.17. The number of rotatable bonds is 6. The summed E-state index contributed by atoms with van der Waals surface area (Å²) in [7, 11) is 1.59. The van der Waals surface area contributed by atoms with Gasteiger partial charge in [0.25, 0.3) is 0 Å². The maximum Gasteiger partial charge on any atom is 0.237 e. The van der Waals surface area contributed by atoms with Crippen molar-refractivity contribution in [1.29, 1.82) is 0 Å². The van der Waals surface area contributed by atoms with Gasteiger partial charge in [-0.3, -0.25) is 4.79 Å². The van der Waals surface area contributed by atoms with E-state index in [0.29, 0.717) is 13.0 Å². The summed E-state index contributed by atoms with van der Waals surface area (Å²) < 4.78 is 5.89. The molecule has 0 aliphatic rings. The highest BCUT2D eigenvalue weighted by Gasteiger charge is 2.16. The molecule has 0 saturated carbocycles. The van der Waals surface area contributed by atoms with Crippen molar-refractivity contribution in [3.8, 4) is 0 Å². The Labute approximate surface area is 116 Å². The molecule has 1 aromatic rings. The predicted molar refractivity (Wildman–Crippen MR) is 75.2 cm³/mol. The number of halogens is 1. The summed E-state index contributed by atoms with van der Waals surface area (Å²) >= 11 is 3.41. The SMILES string of the molecule is COCCC(N)C(=O)NC(C)c1cccc(Br)c1. The second-order valence-corrected chi connectivity index (χ2v) is 5.09. The molecule has 0 saturated heterocycles. The van der Waals surface area contributed by atoms with Crippen LogP contribution in [0.15, 0.2) is 28.7 Å². The third-order valence-corrected chi connectivity index (χ3v) is 3.17. The first-order valence-corrected chi connectivity index (χ1v) is 6.64. The Bertz CT molecular complexity index is 398. The van der Waals surface area contributed by atoms with Crippen molar-refractivity contribution >= 4 is 21.8 Å². The van der Waals surface area contributed by atoms with E-state index in [1.165, 1.54) is 0 Å². The van der Waals surface area contributed by atoms with E-state index in [1.54, 1.807) is 7.11 Å². The van der Waals surface area contributed by atoms with Crippen molar-refractivity contribution in [3.63, 3.8) is 0 Å². The van der Waals surface area contributed by atoms with Crippen LogP contribution < -0.4 is 11.1 Å². The van der Waals surface area contributed by atoms with Gasteiger partial charge >= 0.3 is 0 Å². The average molecular weight is 315 g/mol. The van der Waals surface area contributed by atoms with Crippen LogP contribution in [0.3, 0.4) is 0 Å². The summed E-state index contributed by atoms with van der Waals surface area (Å²) in [6.45, 7) is 2.42. The van der Waals surface area contributed by atoms with Crippen LogP contribution in [-0.2, 0) is 9.53 Å². The van der Waals surface area contributed by atoms with Crippen LogP contribution in [-0.4, -0.2) is 25.7 Å². The Kier molecular flexibility index (Phi) is 6.32. The molecule has 4 nitrogen and oxygen atoms in total. The van der Waals surface area contributed by atoms with Crippen molar-refractivity contribution in [1.82, 2.24) is 5.32 Å². The molecular formula is C13H19BrN2O2. The maximum atomic E-state index is 11.8. The molecule has 100 valence electrons. The molecule has 0 bridgehead atoms. The van der Waals surface area contributed by atoms with Crippen molar-refractivity contribution in [2.75, 3.05) is 13.7 Å². The number of nitrogens with one attached hydrogen (secondary N) is 1. The summed E-state index contributed by atoms with van der Waals surface area (Å²) in [5, 5.41) is 2.89. The zero-order chi connectivity index (χ0) is 13.5. The molecule has 0 heterocycles. The van der Waals surface area contributed by atoms with Crippen LogP contribution in [0.4, 0.5) is 0 Å². The fourth-order valence-electron chi connectivity index (χ4n) is 1.56. The van der Waals surface area contributed by atoms with Gasteiger partial charge in [-0.05, 0) is 31.0 Å². The Balaban J connectivity index is 2.54. The quantitative estimate of drug-likeness (QED) is 0.844. The second-order valence-electron chi connectivity index (χ2n) is 4.17. The predicted octanol–water partition coefficient (Wildman–Crippen LogP) is 1.99. The molecule has 0 aromatic heterocycles. The number of benzene rings is 1. The smallest absolute Gasteiger partial charge is 0.237 e. The number of carbonyl (C=O) groups excluding carboxylic acids is 1. The minimum atomic E-state index is -0.528. The van der Waals surface area contributed by atoms with Crippen LogP contribution in [0.25, 0.3) is 0 Å². The van der Waals surface area contributed by atoms with Gasteiger partial charge in [-0.1, -0.05) is 28.1 Å². The largest absolute Gasteiger partial charge is 0.385 e. The molecule has 1 aromatic carbocycles. The molecule has 2 unspecified atom stereocenters. The van der Waals surface area contributed by atoms with Gasteiger partial charge in [-0.2, -0.15) is 0 Å². The molecule has 0 aliphatic carbocycles. The first-order valence-electron chi connectivity index (χ1n) is 5.85. The lowest BCUT2D eigenvalue weighted by Gasteiger charge is -2.18. The van der Waals surface area contributed by atoms with Gasteiger partial charge in [0, 0.05) is 18.2 Å². The summed E-state index contributed by atoms with van der Waals surface area (Å²) in [6.07, 6.45) is 0.521. The Morgan fingerprint density at radius 2 is 2.28 bits per heavy atom. The van der Waals surface area contributed by atoms with Gasteiger partial charge in [0.1, 0.15) is 0 Å². The highest BCUT2D eigenvalue weighted by atomic mass is 79.9. The average Bonchev–Trinajstić information content (AvgIpc) is 2.35. The number of ether oxygens (including phenoxy) is 1. The summed E-state index contributed by atoms with van der Waals surface area (Å²) in [4.78, 5) is 11.8. The minimum absolute atomic E-state index is 0.0661. The maximum absolute atomic E-state index is 11.8. The topological polar surface area (TPSA) is 64.3 Å². The molecule has 0 fully saturated rings. The second kappa shape index (κ2) is 7.51. The van der Waals surface area contributed by atoms with Crippen LogP contribution in [0.2, 0.25) is 0 Å². The van der Waals surface area contributed by atoms with E-state index in [1.807, 2.05) is 31.2 Å². The van der Waals surface area contributed by atoms with E-state index in [2.05, 4.69) is 21.2 Å². The molecule has 2 atom stereocenters. The number of methoxy groups -OCH3 is 1. The zero-order valence-corrected chi connectivity index (χ0v) is 12.2. The van der Waals surface area contributed by atoms with Gasteiger partial charge in [0.2, 0.25) is 5.91 Å². The van der Waals surface area contributed by atoms with E-state index in [9.17, 15) is 4.79 Å². The van der Waals surface area contributed by atoms with Gasteiger partial charge < -0.3 is 15.8 Å². The molecule has 0 aliphatic heterocycles. The van der Waals surface area contributed by atoms with Gasteiger partial charge in [-0.25, -0.2) is 0 Å². The molecule has 1 rings (SSSR count). The van der Waals surface area contributed by atoms with E-state index >= 15 is 0 Å². The highest BCUT2D eigenvalue weighted by molar-refractivity contribution is 9.10. The van der Waals surface area contributed by atoms with E-state index in [4.69, 9.17) is 10.5 Å². The lowest BCUT2D eigenvalue weighted by Crippen LogP contribution is -2.42. The number of amides is 1. The normalized spacial score (nSPS) is 14.0. The number of hydrogen-bond donors (Lipinski definition) is 2. The summed E-state index contributed by atoms with van der Waals surface area (Å²) in [6, 6.07) is 7.24. The standard InChI is InChI=1S/C13H19BrN2O2/c1-9(10-4-3-5-11(14)8-10)16-13(17)12(15)6-7-18-2/h3-5,8-9,12H,6-7,15H2,1-2H3,(H,16,17). The molecule has 3 N–H and O–H groups in total. The molecule has 0 spiro atoms. The minimum Gasteiger partial charge on any atom is -0.385 e. The summed E-state index contributed by atoms with van der Waals surface area (Å²) in [5.41, 5.74) is 6.80. The van der Waals surface area contributed by atoms with Gasteiger partial charge in [0.15, 0.2) is 0 Å². The zero-order valence-electron chi connectivity index (χ0n) is 10.7. The van der Waals surface area contributed by atoms with Crippen LogP contribution >= 0.6 is 15.9 Å². The Hall–Kier alpha value is -0.910. The Morgan fingerprint density at radius 1 is 1.56 bits per heavy atom. The van der Waals surface area contributed by atoms with Crippen molar-refractivity contribution in [2.24, 2.45) is 5.73 Å². The lowest BCUT2D eigenvalue weighted by atomic mass is 10.1. The summed E-state index contributed by atoms with van der Waals surface area (Å²) in [5.74, 6) is -0.153. The van der Waals surface area contributed by atoms with Crippen molar-refractivity contribution in [2.45, 2.75) is 25.4 Å². The van der Waals surface area contributed by atoms with E-state index in [-0.39, 0.29) is 11.9 Å². The molecule has 18 heavy (non-hydrogen) atoms. The van der Waals surface area contributed by atoms with Crippen molar-refractivity contribution in [3.05, 3.63) is 34.3 Å². The van der Waals surface area contributed by atoms with Crippen LogP contribution in [0.1, 0.15) is 24.9 Å². The fraction of sp³-hybridized carbons (Fsp3) is 0.462. The van der Waals surface area contributed by atoms with Gasteiger partial charge in [-0.15, -0.1) is 0 Å². The Morgan fingerprint density at radius 3 is 2.89 bits per heavy atom. The van der Waals surface area contributed by atoms with Gasteiger partial charge in [0.05, 0.1) is 12.1 Å². The molecular weight excluding hydrogens is 296 g/mol.